The number of benzene rings is 1. The van der Waals surface area contributed by atoms with E-state index in [0.29, 0.717) is 23.8 Å². The minimum atomic E-state index is -0.0402. The molecule has 0 aromatic heterocycles. The highest BCUT2D eigenvalue weighted by atomic mass is 16.5. The third-order valence-electron chi connectivity index (χ3n) is 4.23. The summed E-state index contributed by atoms with van der Waals surface area (Å²) in [5, 5.41) is 6.34. The van der Waals surface area contributed by atoms with Gasteiger partial charge in [-0.3, -0.25) is 9.69 Å². The number of hydrogen-bond donors (Lipinski definition) is 2. The first kappa shape index (κ1) is 15.3. The minimum Gasteiger partial charge on any atom is -0.492 e. The fourth-order valence-corrected chi connectivity index (χ4v) is 2.63. The highest BCUT2D eigenvalue weighted by Crippen LogP contribution is 2.30. The van der Waals surface area contributed by atoms with Crippen LogP contribution in [0.1, 0.15) is 23.2 Å². The average Bonchev–Trinajstić information content (AvgIpc) is 3.38. The molecule has 22 heavy (non-hydrogen) atoms. The Kier molecular flexibility index (Phi) is 5.29. The number of piperazine rings is 1. The van der Waals surface area contributed by atoms with E-state index in [0.717, 1.165) is 39.3 Å². The molecule has 1 aliphatic heterocycles. The molecule has 120 valence electrons. The molecule has 5 nitrogen and oxygen atoms in total. The molecule has 0 spiro atoms. The van der Waals surface area contributed by atoms with Gasteiger partial charge in [-0.1, -0.05) is 12.1 Å². The van der Waals surface area contributed by atoms with Crippen molar-refractivity contribution >= 4 is 5.91 Å². The second-order valence-electron chi connectivity index (χ2n) is 6.10. The summed E-state index contributed by atoms with van der Waals surface area (Å²) in [5.74, 6) is 1.35. The minimum absolute atomic E-state index is 0.0402. The van der Waals surface area contributed by atoms with Crippen molar-refractivity contribution in [1.29, 1.82) is 0 Å². The Labute approximate surface area is 132 Å². The first-order valence-electron chi connectivity index (χ1n) is 8.26. The molecule has 0 unspecified atom stereocenters. The summed E-state index contributed by atoms with van der Waals surface area (Å²) >= 11 is 0. The van der Waals surface area contributed by atoms with Crippen LogP contribution in [0.15, 0.2) is 24.3 Å². The van der Waals surface area contributed by atoms with Crippen LogP contribution in [0.3, 0.4) is 0 Å². The number of rotatable bonds is 7. The number of ether oxygens (including phenoxy) is 1. The molecule has 0 atom stereocenters. The summed E-state index contributed by atoms with van der Waals surface area (Å²) in [6.45, 7) is 6.48. The van der Waals surface area contributed by atoms with Crippen LogP contribution in [-0.4, -0.2) is 56.7 Å². The third-order valence-corrected chi connectivity index (χ3v) is 4.23. The Bertz CT molecular complexity index is 496. The van der Waals surface area contributed by atoms with E-state index in [1.807, 2.05) is 24.3 Å². The molecule has 1 aromatic carbocycles. The quantitative estimate of drug-likeness (QED) is 0.792. The Morgan fingerprint density at radius 3 is 2.82 bits per heavy atom. The van der Waals surface area contributed by atoms with Gasteiger partial charge >= 0.3 is 0 Å². The van der Waals surface area contributed by atoms with Crippen LogP contribution < -0.4 is 15.4 Å². The van der Waals surface area contributed by atoms with Gasteiger partial charge in [-0.15, -0.1) is 0 Å². The van der Waals surface area contributed by atoms with Crippen molar-refractivity contribution in [3.63, 3.8) is 0 Å². The van der Waals surface area contributed by atoms with Crippen LogP contribution in [0.5, 0.6) is 5.75 Å². The lowest BCUT2D eigenvalue weighted by atomic mass is 10.2. The van der Waals surface area contributed by atoms with Crippen molar-refractivity contribution in [2.45, 2.75) is 12.8 Å². The van der Waals surface area contributed by atoms with Crippen LogP contribution in [0, 0.1) is 5.92 Å². The first-order chi connectivity index (χ1) is 10.8. The van der Waals surface area contributed by atoms with Gasteiger partial charge in [0.25, 0.3) is 5.91 Å². The van der Waals surface area contributed by atoms with Gasteiger partial charge in [-0.2, -0.15) is 0 Å². The summed E-state index contributed by atoms with van der Waals surface area (Å²) in [6, 6.07) is 7.52. The summed E-state index contributed by atoms with van der Waals surface area (Å²) in [6.07, 6.45) is 2.50. The normalized spacial score (nSPS) is 18.9. The molecule has 1 aliphatic carbocycles. The maximum atomic E-state index is 12.3. The smallest absolute Gasteiger partial charge is 0.255 e. The van der Waals surface area contributed by atoms with Gasteiger partial charge in [0.2, 0.25) is 0 Å². The molecule has 1 amide bonds. The molecule has 3 rings (SSSR count). The topological polar surface area (TPSA) is 53.6 Å². The molecule has 5 heteroatoms. The van der Waals surface area contributed by atoms with Crippen LogP contribution in [0.4, 0.5) is 0 Å². The van der Waals surface area contributed by atoms with E-state index in [2.05, 4.69) is 15.5 Å². The number of nitrogens with one attached hydrogen (secondary N) is 2. The SMILES string of the molecule is O=C(NCCN1CCNCC1)c1ccccc1OCC1CC1. The molecule has 2 N–H and O–H groups in total. The van der Waals surface area contributed by atoms with Gasteiger partial charge in [0.1, 0.15) is 5.75 Å². The molecular formula is C17H25N3O2. The zero-order valence-corrected chi connectivity index (χ0v) is 13.0. The second kappa shape index (κ2) is 7.61. The lowest BCUT2D eigenvalue weighted by molar-refractivity contribution is 0.0943. The van der Waals surface area contributed by atoms with Gasteiger partial charge in [0.15, 0.2) is 0 Å². The molecule has 1 saturated carbocycles. The maximum absolute atomic E-state index is 12.3. The van der Waals surface area contributed by atoms with E-state index in [-0.39, 0.29) is 5.91 Å². The maximum Gasteiger partial charge on any atom is 0.255 e. The second-order valence-corrected chi connectivity index (χ2v) is 6.10. The van der Waals surface area contributed by atoms with Gasteiger partial charge in [-0.05, 0) is 30.9 Å². The van der Waals surface area contributed by atoms with E-state index >= 15 is 0 Å². The number of carbonyl (C=O) groups excluding carboxylic acids is 1. The predicted molar refractivity (Wildman–Crippen MR) is 86.3 cm³/mol. The standard InChI is InChI=1S/C17H25N3O2/c21-17(19-9-12-20-10-7-18-8-11-20)15-3-1-2-4-16(15)22-13-14-5-6-14/h1-4,14,18H,5-13H2,(H,19,21). The van der Waals surface area contributed by atoms with Gasteiger partial charge in [0, 0.05) is 39.3 Å². The average molecular weight is 303 g/mol. The fraction of sp³-hybridized carbons (Fsp3) is 0.588. The van der Waals surface area contributed by atoms with Crippen LogP contribution >= 0.6 is 0 Å². The van der Waals surface area contributed by atoms with E-state index in [1.54, 1.807) is 0 Å². The Morgan fingerprint density at radius 2 is 2.05 bits per heavy atom. The summed E-state index contributed by atoms with van der Waals surface area (Å²) in [7, 11) is 0. The van der Waals surface area contributed by atoms with Crippen LogP contribution in [0.25, 0.3) is 0 Å². The van der Waals surface area contributed by atoms with Crippen molar-refractivity contribution < 1.29 is 9.53 Å². The molecule has 0 bridgehead atoms. The van der Waals surface area contributed by atoms with Crippen LogP contribution in [-0.2, 0) is 0 Å². The number of hydrogen-bond acceptors (Lipinski definition) is 4. The van der Waals surface area contributed by atoms with Crippen molar-refractivity contribution in [2.75, 3.05) is 45.9 Å². The zero-order chi connectivity index (χ0) is 15.2. The molecule has 1 heterocycles. The number of para-hydroxylation sites is 1. The molecule has 0 radical (unpaired) electrons. The van der Waals surface area contributed by atoms with Crippen LogP contribution in [0.2, 0.25) is 0 Å². The third kappa shape index (κ3) is 4.45. The fourth-order valence-electron chi connectivity index (χ4n) is 2.63. The van der Waals surface area contributed by atoms with Crippen molar-refractivity contribution in [1.82, 2.24) is 15.5 Å². The molecular weight excluding hydrogens is 278 g/mol. The number of amides is 1. The van der Waals surface area contributed by atoms with Gasteiger partial charge < -0.3 is 15.4 Å². The van der Waals surface area contributed by atoms with Crippen molar-refractivity contribution in [3.8, 4) is 5.75 Å². The van der Waals surface area contributed by atoms with Gasteiger partial charge in [0.05, 0.1) is 12.2 Å². The van der Waals surface area contributed by atoms with E-state index < -0.39 is 0 Å². The van der Waals surface area contributed by atoms with E-state index in [9.17, 15) is 4.79 Å². The Hall–Kier alpha value is -1.59. The molecule has 1 aromatic rings. The first-order valence-corrected chi connectivity index (χ1v) is 8.26. The van der Waals surface area contributed by atoms with Crippen molar-refractivity contribution in [2.24, 2.45) is 5.92 Å². The monoisotopic (exact) mass is 303 g/mol. The highest BCUT2D eigenvalue weighted by Gasteiger charge is 2.23. The molecule has 1 saturated heterocycles. The number of carbonyl (C=O) groups is 1. The van der Waals surface area contributed by atoms with E-state index in [1.165, 1.54) is 12.8 Å². The van der Waals surface area contributed by atoms with E-state index in [4.69, 9.17) is 4.74 Å². The summed E-state index contributed by atoms with van der Waals surface area (Å²) in [5.41, 5.74) is 0.642. The van der Waals surface area contributed by atoms with Crippen molar-refractivity contribution in [3.05, 3.63) is 29.8 Å². The number of nitrogens with zero attached hydrogens (tertiary/aromatic N) is 1. The summed E-state index contributed by atoms with van der Waals surface area (Å²) < 4.78 is 5.80. The predicted octanol–water partition coefficient (Wildman–Crippen LogP) is 1.11. The Morgan fingerprint density at radius 1 is 1.27 bits per heavy atom. The highest BCUT2D eigenvalue weighted by molar-refractivity contribution is 5.96. The van der Waals surface area contributed by atoms with Gasteiger partial charge in [-0.25, -0.2) is 0 Å². The molecule has 2 fully saturated rings. The lowest BCUT2D eigenvalue weighted by Gasteiger charge is -2.27. The lowest BCUT2D eigenvalue weighted by Crippen LogP contribution is -2.46. The molecule has 2 aliphatic rings. The summed E-state index contributed by atoms with van der Waals surface area (Å²) in [4.78, 5) is 14.7. The largest absolute Gasteiger partial charge is 0.492 e. The zero-order valence-electron chi connectivity index (χ0n) is 13.0. The Balaban J connectivity index is 1.48.